The van der Waals surface area contributed by atoms with Crippen molar-refractivity contribution >= 4 is 47.5 Å². The molecular formula is C72H132N4O15. The molecule has 0 N–H and O–H groups in total. The first-order chi connectivity index (χ1) is 44.2. The Bertz CT molecular complexity index is 1890. The Hall–Kier alpha value is -4.36. The predicted octanol–water partition coefficient (Wildman–Crippen LogP) is 13.4. The number of amides is 4. The van der Waals surface area contributed by atoms with E-state index < -0.39 is 0 Å². The van der Waals surface area contributed by atoms with Gasteiger partial charge in [-0.15, -0.1) is 0 Å². The van der Waals surface area contributed by atoms with E-state index in [4.69, 9.17) is 33.2 Å². The summed E-state index contributed by atoms with van der Waals surface area (Å²) in [7, 11) is 1.69. The zero-order valence-corrected chi connectivity index (χ0v) is 59.0. The minimum Gasteiger partial charge on any atom is -0.465 e. The van der Waals surface area contributed by atoms with Crippen molar-refractivity contribution < 1.29 is 71.5 Å². The van der Waals surface area contributed by atoms with Gasteiger partial charge >= 0.3 is 23.9 Å². The second-order valence-electron chi connectivity index (χ2n) is 25.4. The Morgan fingerprint density at radius 1 is 0.286 bits per heavy atom. The third-order valence-electron chi connectivity index (χ3n) is 17.0. The lowest BCUT2D eigenvalue weighted by Crippen LogP contribution is -2.27. The number of ether oxygens (including phenoxy) is 7. The number of hydrogen-bond acceptors (Lipinski definition) is 15. The molecule has 0 spiro atoms. The number of esters is 4. The standard InChI is InChI=1S/C21H39NO3.C18H33NO3.C17H31NO3.C16H29NO6/c1-3-5-7-9-11-13-15-22-18-19(17-20(22)23)21(24)25-16-14-12-10-8-6-4-2;1-3-5-7-8-9-11-13-22-18(21)16-14-17(20)19(15-16)12-10-6-4-2;1-3-5-7-8-9-10-12-21-17(20)15-13-16(19)18(14-15)11-6-4-2;1-3-4-5-20-6-7-21-8-9-22-10-11-23-16(19)14-12-15(18)17(2)13-14/h19H,3-18H2,1-2H3;16H,3-15H2,1-2H3;15H,3-14H2,1-2H3;14H,3-13H2,1-2H3. The molecule has 19 nitrogen and oxygen atoms in total. The predicted molar refractivity (Wildman–Crippen MR) is 359 cm³/mol. The van der Waals surface area contributed by atoms with Crippen molar-refractivity contribution in [1.82, 2.24) is 19.6 Å². The van der Waals surface area contributed by atoms with Gasteiger partial charge in [0, 0.05) is 85.2 Å². The Morgan fingerprint density at radius 3 is 0.879 bits per heavy atom. The molecule has 4 aliphatic heterocycles. The smallest absolute Gasteiger partial charge is 0.311 e. The highest BCUT2D eigenvalue weighted by Crippen LogP contribution is 2.24. The molecule has 4 fully saturated rings. The molecule has 0 radical (unpaired) electrons. The molecule has 4 aliphatic rings. The van der Waals surface area contributed by atoms with Crippen LogP contribution in [-0.2, 0) is 71.5 Å². The summed E-state index contributed by atoms with van der Waals surface area (Å²) in [6, 6.07) is 0. The summed E-state index contributed by atoms with van der Waals surface area (Å²) in [5, 5.41) is 0. The summed E-state index contributed by atoms with van der Waals surface area (Å²) in [6.45, 7) is 24.6. The SMILES string of the molecule is CCCCCCCCOC(=O)C1CC(=O)N(CCCC)C1.CCCCCCCCOC(=O)C1CC(=O)N(CCCCC)C1.CCCCCCCCOC(=O)C1CC(=O)N(CCCCCCCC)C1.CCCCOCCOCCOCCOC(=O)C1CC(=O)N(C)C1. The van der Waals surface area contributed by atoms with E-state index in [-0.39, 0.29) is 84.2 Å². The molecule has 4 rings (SSSR count). The normalized spacial score (nSPS) is 17.8. The molecular weight excluding hydrogens is 1160 g/mol. The van der Waals surface area contributed by atoms with Gasteiger partial charge < -0.3 is 52.8 Å². The van der Waals surface area contributed by atoms with E-state index in [2.05, 4.69) is 48.5 Å². The van der Waals surface area contributed by atoms with Crippen LogP contribution in [0.3, 0.4) is 0 Å². The van der Waals surface area contributed by atoms with Crippen LogP contribution in [-0.4, -0.2) is 186 Å². The van der Waals surface area contributed by atoms with Crippen LogP contribution in [0.15, 0.2) is 0 Å². The molecule has 0 saturated carbocycles. The van der Waals surface area contributed by atoms with Gasteiger partial charge in [0.05, 0.1) is 76.5 Å². The van der Waals surface area contributed by atoms with Gasteiger partial charge in [-0.05, 0) is 44.9 Å². The van der Waals surface area contributed by atoms with Gasteiger partial charge in [-0.2, -0.15) is 0 Å². The first-order valence-electron chi connectivity index (χ1n) is 36.7. The van der Waals surface area contributed by atoms with E-state index in [0.29, 0.717) is 98.3 Å². The molecule has 91 heavy (non-hydrogen) atoms. The van der Waals surface area contributed by atoms with Gasteiger partial charge in [0.2, 0.25) is 23.6 Å². The van der Waals surface area contributed by atoms with Crippen LogP contribution in [0.2, 0.25) is 0 Å². The minimum atomic E-state index is -0.344. The monoisotopic (exact) mass is 1290 g/mol. The molecule has 0 aromatic carbocycles. The lowest BCUT2D eigenvalue weighted by molar-refractivity contribution is -0.150. The average molecular weight is 1290 g/mol. The Labute approximate surface area is 552 Å². The van der Waals surface area contributed by atoms with Gasteiger partial charge in [0.15, 0.2) is 0 Å². The summed E-state index contributed by atoms with van der Waals surface area (Å²) in [6.07, 6.45) is 37.5. The van der Waals surface area contributed by atoms with E-state index in [1.807, 2.05) is 9.80 Å². The van der Waals surface area contributed by atoms with Gasteiger partial charge in [-0.3, -0.25) is 38.4 Å². The number of unbranched alkanes of at least 4 members (excludes halogenated alkanes) is 24. The fourth-order valence-electron chi connectivity index (χ4n) is 11.1. The largest absolute Gasteiger partial charge is 0.465 e. The zero-order valence-electron chi connectivity index (χ0n) is 59.0. The summed E-state index contributed by atoms with van der Waals surface area (Å²) >= 11 is 0. The summed E-state index contributed by atoms with van der Waals surface area (Å²) < 4.78 is 37.2. The van der Waals surface area contributed by atoms with E-state index in [0.717, 1.165) is 116 Å². The van der Waals surface area contributed by atoms with Crippen LogP contribution in [0.5, 0.6) is 0 Å². The van der Waals surface area contributed by atoms with Crippen LogP contribution in [0, 0.1) is 23.7 Å². The fourth-order valence-corrected chi connectivity index (χ4v) is 11.1. The van der Waals surface area contributed by atoms with Gasteiger partial charge in [-0.25, -0.2) is 0 Å². The van der Waals surface area contributed by atoms with Crippen LogP contribution in [0.1, 0.15) is 273 Å². The average Bonchev–Trinajstić information content (AvgIpc) is 2.07. The fraction of sp³-hybridized carbons (Fsp3) is 0.889. The van der Waals surface area contributed by atoms with Crippen molar-refractivity contribution in [2.24, 2.45) is 23.7 Å². The van der Waals surface area contributed by atoms with Crippen molar-refractivity contribution in [3.8, 4) is 0 Å². The second-order valence-corrected chi connectivity index (χ2v) is 25.4. The Morgan fingerprint density at radius 2 is 0.538 bits per heavy atom. The highest BCUT2D eigenvalue weighted by Gasteiger charge is 2.37. The summed E-state index contributed by atoms with van der Waals surface area (Å²) in [5.41, 5.74) is 0. The third-order valence-corrected chi connectivity index (χ3v) is 17.0. The van der Waals surface area contributed by atoms with Gasteiger partial charge in [0.25, 0.3) is 0 Å². The van der Waals surface area contributed by atoms with Crippen LogP contribution in [0.4, 0.5) is 0 Å². The van der Waals surface area contributed by atoms with E-state index >= 15 is 0 Å². The van der Waals surface area contributed by atoms with Crippen LogP contribution in [0.25, 0.3) is 0 Å². The Kier molecular flexibility index (Phi) is 54.2. The van der Waals surface area contributed by atoms with Crippen molar-refractivity contribution in [2.75, 3.05) is 119 Å². The van der Waals surface area contributed by atoms with Crippen molar-refractivity contribution in [3.05, 3.63) is 0 Å². The highest BCUT2D eigenvalue weighted by molar-refractivity contribution is 5.88. The lowest BCUT2D eigenvalue weighted by Gasteiger charge is -2.16. The lowest BCUT2D eigenvalue weighted by atomic mass is 10.1. The summed E-state index contributed by atoms with van der Waals surface area (Å²) in [4.78, 5) is 102. The molecule has 4 unspecified atom stereocenters. The van der Waals surface area contributed by atoms with Crippen molar-refractivity contribution in [3.63, 3.8) is 0 Å². The number of carbonyl (C=O) groups is 8. The number of nitrogens with zero attached hydrogens (tertiary/aromatic N) is 4. The third kappa shape index (κ3) is 43.3. The molecule has 4 atom stereocenters. The number of hydrogen-bond donors (Lipinski definition) is 0. The number of rotatable bonds is 51. The molecule has 4 heterocycles. The van der Waals surface area contributed by atoms with E-state index in [1.165, 1.54) is 109 Å². The molecule has 4 saturated heterocycles. The second kappa shape index (κ2) is 58.2. The molecule has 4 amide bonds. The quantitative estimate of drug-likeness (QED) is 0.0315. The van der Waals surface area contributed by atoms with Crippen molar-refractivity contribution in [2.45, 2.75) is 273 Å². The highest BCUT2D eigenvalue weighted by atomic mass is 16.6. The Balaban J connectivity index is 0.000000608. The van der Waals surface area contributed by atoms with E-state index in [1.54, 1.807) is 16.8 Å². The molecule has 0 aliphatic carbocycles. The van der Waals surface area contributed by atoms with E-state index in [9.17, 15) is 38.4 Å². The van der Waals surface area contributed by atoms with Gasteiger partial charge in [-0.1, -0.05) is 203 Å². The van der Waals surface area contributed by atoms with Crippen LogP contribution < -0.4 is 0 Å². The minimum absolute atomic E-state index is 0.0148. The first-order valence-corrected chi connectivity index (χ1v) is 36.7. The van der Waals surface area contributed by atoms with Gasteiger partial charge in [0.1, 0.15) is 6.61 Å². The maximum atomic E-state index is 12.1. The zero-order chi connectivity index (χ0) is 67.0. The van der Waals surface area contributed by atoms with Crippen LogP contribution >= 0.6 is 0 Å². The molecule has 19 heteroatoms. The molecule has 0 aromatic rings. The number of likely N-dealkylation sites (tertiary alicyclic amines) is 4. The number of carbonyl (C=O) groups excluding carboxylic acids is 8. The molecule has 0 aromatic heterocycles. The molecule has 0 bridgehead atoms. The maximum absolute atomic E-state index is 12.1. The molecule has 530 valence electrons. The maximum Gasteiger partial charge on any atom is 0.311 e. The topological polar surface area (TPSA) is 214 Å². The summed E-state index contributed by atoms with van der Waals surface area (Å²) in [5.74, 6) is -1.62. The first kappa shape index (κ1) is 84.7. The van der Waals surface area contributed by atoms with Crippen molar-refractivity contribution in [1.29, 1.82) is 0 Å².